The van der Waals surface area contributed by atoms with E-state index in [2.05, 4.69) is 5.32 Å². The molecule has 2 bridgehead atoms. The first-order chi connectivity index (χ1) is 30.7. The monoisotopic (exact) mass is 895 g/mol. The third kappa shape index (κ3) is 8.12. The smallest absolute Gasteiger partial charge is 0.338 e. The van der Waals surface area contributed by atoms with Gasteiger partial charge in [-0.25, -0.2) is 9.59 Å². The minimum Gasteiger partial charge on any atom is -0.461 e. The standard InChI is InChI=1S/C49H53NO15/c1-26-33(63-45(58)38(54)37(30-17-11-8-12-18-30)50-43(56)31-19-13-9-14-20-31)24-49(59)42(64-44(57)32-21-15-10-16-22-32)40-47(7,41(55)39(62-28(3)52)36(26)46(49,5)6)34(61-27(2)51)23-35-48(40,25-60-35)65-29(4)53/h8-22,33-35,37-40,42,54,59H,23-25H2,1-7H3,(H,50,56)/t33-,34-,35+,37-,38+,39+,40-,42-,47-,48+,49-/m0/s1. The van der Waals surface area contributed by atoms with Gasteiger partial charge in [-0.05, 0) is 54.8 Å². The van der Waals surface area contributed by atoms with E-state index in [0.29, 0.717) is 5.56 Å². The summed E-state index contributed by atoms with van der Waals surface area (Å²) < 4.78 is 36.5. The molecule has 3 aromatic carbocycles. The fourth-order valence-corrected chi connectivity index (χ4v) is 10.5. The summed E-state index contributed by atoms with van der Waals surface area (Å²) in [5.41, 5.74) is -7.22. The molecule has 3 aromatic rings. The number of ketones is 1. The van der Waals surface area contributed by atoms with Gasteiger partial charge >= 0.3 is 29.8 Å². The number of carbonyl (C=O) groups is 7. The summed E-state index contributed by atoms with van der Waals surface area (Å²) in [5.74, 6) is -7.75. The third-order valence-corrected chi connectivity index (χ3v) is 13.8. The minimum absolute atomic E-state index is 0.0220. The average molecular weight is 896 g/mol. The van der Waals surface area contributed by atoms with Crippen molar-refractivity contribution >= 4 is 41.5 Å². The Balaban J connectivity index is 1.42. The lowest BCUT2D eigenvalue weighted by Gasteiger charge is -2.67. The molecule has 16 nitrogen and oxygen atoms in total. The van der Waals surface area contributed by atoms with E-state index in [9.17, 15) is 39.0 Å². The highest BCUT2D eigenvalue weighted by molar-refractivity contribution is 5.96. The van der Waals surface area contributed by atoms with Crippen LogP contribution < -0.4 is 5.32 Å². The van der Waals surface area contributed by atoms with Crippen molar-refractivity contribution in [2.75, 3.05) is 6.61 Å². The van der Waals surface area contributed by atoms with Gasteiger partial charge in [-0.2, -0.15) is 0 Å². The number of hydrogen-bond donors (Lipinski definition) is 3. The maximum Gasteiger partial charge on any atom is 0.338 e. The number of aliphatic hydroxyl groups is 2. The van der Waals surface area contributed by atoms with Crippen LogP contribution in [0.2, 0.25) is 0 Å². The van der Waals surface area contributed by atoms with Gasteiger partial charge < -0.3 is 44.0 Å². The Morgan fingerprint density at radius 2 is 1.34 bits per heavy atom. The number of benzene rings is 3. The van der Waals surface area contributed by atoms with Crippen LogP contribution in [0.25, 0.3) is 0 Å². The van der Waals surface area contributed by atoms with Crippen LogP contribution in [-0.4, -0.2) is 106 Å². The van der Waals surface area contributed by atoms with Gasteiger partial charge in [0.25, 0.3) is 5.91 Å². The van der Waals surface area contributed by atoms with Gasteiger partial charge in [0.15, 0.2) is 23.6 Å². The molecule has 344 valence electrons. The molecule has 0 radical (unpaired) electrons. The summed E-state index contributed by atoms with van der Waals surface area (Å²) in [6.45, 7) is 9.08. The predicted octanol–water partition coefficient (Wildman–Crippen LogP) is 4.31. The molecule has 65 heavy (non-hydrogen) atoms. The third-order valence-electron chi connectivity index (χ3n) is 13.8. The van der Waals surface area contributed by atoms with E-state index in [1.165, 1.54) is 26.0 Å². The highest BCUT2D eigenvalue weighted by Crippen LogP contribution is 2.65. The normalized spacial score (nSPS) is 30.8. The number of esters is 5. The number of aliphatic hydroxyl groups excluding tert-OH is 1. The van der Waals surface area contributed by atoms with Gasteiger partial charge in [-0.15, -0.1) is 0 Å². The minimum atomic E-state index is -2.43. The molecule has 7 rings (SSSR count). The number of amides is 1. The molecule has 1 aliphatic heterocycles. The van der Waals surface area contributed by atoms with Crippen LogP contribution in [0.3, 0.4) is 0 Å². The second kappa shape index (κ2) is 17.6. The van der Waals surface area contributed by atoms with Crippen LogP contribution in [0.5, 0.6) is 0 Å². The topological polar surface area (TPSA) is 227 Å². The Kier molecular flexibility index (Phi) is 12.7. The summed E-state index contributed by atoms with van der Waals surface area (Å²) >= 11 is 0. The van der Waals surface area contributed by atoms with Crippen molar-refractivity contribution in [1.29, 1.82) is 0 Å². The van der Waals surface area contributed by atoms with Crippen molar-refractivity contribution in [3.05, 3.63) is 119 Å². The van der Waals surface area contributed by atoms with Crippen LogP contribution in [0.1, 0.15) is 93.6 Å². The van der Waals surface area contributed by atoms with Crippen molar-refractivity contribution in [2.24, 2.45) is 16.7 Å². The summed E-state index contributed by atoms with van der Waals surface area (Å²) in [5, 5.41) is 28.4. The Hall–Kier alpha value is -6.23. The Morgan fingerprint density at radius 1 is 0.769 bits per heavy atom. The Bertz CT molecular complexity index is 2400. The first-order valence-corrected chi connectivity index (χ1v) is 21.4. The van der Waals surface area contributed by atoms with E-state index >= 15 is 4.79 Å². The summed E-state index contributed by atoms with van der Waals surface area (Å²) in [6, 6.07) is 22.8. The largest absolute Gasteiger partial charge is 0.461 e. The van der Waals surface area contributed by atoms with Gasteiger partial charge in [0, 0.05) is 44.6 Å². The van der Waals surface area contributed by atoms with E-state index in [1.54, 1.807) is 92.7 Å². The fourth-order valence-electron chi connectivity index (χ4n) is 10.5. The first-order valence-electron chi connectivity index (χ1n) is 21.4. The van der Waals surface area contributed by atoms with Gasteiger partial charge in [0.1, 0.15) is 30.0 Å². The van der Waals surface area contributed by atoms with Gasteiger partial charge in [0.2, 0.25) is 0 Å². The highest BCUT2D eigenvalue weighted by atomic mass is 16.6. The molecule has 1 heterocycles. The van der Waals surface area contributed by atoms with Gasteiger partial charge in [-0.3, -0.25) is 24.0 Å². The number of carbonyl (C=O) groups excluding carboxylic acids is 7. The van der Waals surface area contributed by atoms with E-state index < -0.39 is 119 Å². The molecule has 0 spiro atoms. The summed E-state index contributed by atoms with van der Waals surface area (Å²) in [4.78, 5) is 97.3. The van der Waals surface area contributed by atoms with E-state index in [4.69, 9.17) is 28.4 Å². The van der Waals surface area contributed by atoms with E-state index in [-0.39, 0.29) is 35.3 Å². The Morgan fingerprint density at radius 3 is 1.88 bits per heavy atom. The number of ether oxygens (including phenoxy) is 6. The molecule has 1 amide bonds. The van der Waals surface area contributed by atoms with Crippen molar-refractivity contribution in [3.63, 3.8) is 0 Å². The lowest BCUT2D eigenvalue weighted by molar-refractivity contribution is -0.346. The van der Waals surface area contributed by atoms with Gasteiger partial charge in [0.05, 0.1) is 29.5 Å². The Labute approximate surface area is 375 Å². The fraction of sp³-hybridized carbons (Fsp3) is 0.449. The lowest BCUT2D eigenvalue weighted by Crippen LogP contribution is -2.82. The predicted molar refractivity (Wildman–Crippen MR) is 227 cm³/mol. The van der Waals surface area contributed by atoms with E-state index in [1.807, 2.05) is 0 Å². The second-order valence-electron chi connectivity index (χ2n) is 17.9. The number of hydrogen-bond acceptors (Lipinski definition) is 15. The molecule has 3 N–H and O–H groups in total. The maximum absolute atomic E-state index is 15.8. The number of nitrogens with one attached hydrogen (secondary N) is 1. The lowest BCUT2D eigenvalue weighted by atomic mass is 9.44. The molecular weight excluding hydrogens is 843 g/mol. The molecule has 4 aliphatic rings. The van der Waals surface area contributed by atoms with Crippen LogP contribution >= 0.6 is 0 Å². The van der Waals surface area contributed by atoms with Crippen LogP contribution in [0, 0.1) is 16.7 Å². The summed E-state index contributed by atoms with van der Waals surface area (Å²) in [6.07, 6.45) is -10.5. The van der Waals surface area contributed by atoms with Crippen LogP contribution in [0.4, 0.5) is 0 Å². The van der Waals surface area contributed by atoms with Crippen molar-refractivity contribution in [1.82, 2.24) is 5.32 Å². The molecular formula is C49H53NO15. The number of fused-ring (bicyclic) bond motifs is 5. The van der Waals surface area contributed by atoms with Gasteiger partial charge in [-0.1, -0.05) is 80.6 Å². The molecule has 0 unspecified atom stereocenters. The molecule has 16 heteroatoms. The zero-order valence-electron chi connectivity index (χ0n) is 37.1. The summed E-state index contributed by atoms with van der Waals surface area (Å²) in [7, 11) is 0. The second-order valence-corrected chi connectivity index (χ2v) is 17.9. The number of rotatable bonds is 11. The zero-order chi connectivity index (χ0) is 47.2. The average Bonchev–Trinajstić information content (AvgIpc) is 3.26. The van der Waals surface area contributed by atoms with Crippen molar-refractivity contribution < 1.29 is 72.2 Å². The van der Waals surface area contributed by atoms with Crippen molar-refractivity contribution in [3.8, 4) is 0 Å². The van der Waals surface area contributed by atoms with E-state index in [0.717, 1.165) is 20.8 Å². The molecule has 3 aliphatic carbocycles. The molecule has 0 aromatic heterocycles. The van der Waals surface area contributed by atoms with Crippen LogP contribution in [0.15, 0.2) is 102 Å². The molecule has 1 saturated heterocycles. The molecule has 11 atom stereocenters. The maximum atomic E-state index is 15.8. The zero-order valence-corrected chi connectivity index (χ0v) is 37.1. The van der Waals surface area contributed by atoms with Crippen molar-refractivity contribution in [2.45, 2.75) is 115 Å². The highest BCUT2D eigenvalue weighted by Gasteiger charge is 2.79. The molecule has 2 saturated carbocycles. The molecule has 3 fully saturated rings. The first kappa shape index (κ1) is 46.8. The van der Waals surface area contributed by atoms with Crippen LogP contribution in [-0.2, 0) is 52.4 Å². The SMILES string of the molecule is CC(=O)O[C@H]1C(=O)[C@@]2(C)[C@@H](OC(C)=O)C[C@H]3OC[C@]3(OC(C)=O)[C@H]2[C@H](OC(=O)c2ccccc2)[C@@]2(O)C[C@H](OC(=O)[C@H](O)[C@@H](NC(=O)c3ccccc3)c3ccccc3)C(C)=C1C2(C)C. The number of Topliss-reactive ketones (excluding diaryl/α,β-unsaturated/α-hetero) is 1. The quantitative estimate of drug-likeness (QED) is 0.139.